The summed E-state index contributed by atoms with van der Waals surface area (Å²) in [6.45, 7) is 1.81. The van der Waals surface area contributed by atoms with Crippen molar-refractivity contribution < 1.29 is 9.59 Å². The van der Waals surface area contributed by atoms with E-state index in [2.05, 4.69) is 32.3 Å². The maximum absolute atomic E-state index is 12.2. The van der Waals surface area contributed by atoms with E-state index in [0.29, 0.717) is 32.0 Å². The Morgan fingerprint density at radius 3 is 2.64 bits per heavy atom. The highest BCUT2D eigenvalue weighted by Crippen LogP contribution is 2.31. The highest BCUT2D eigenvalue weighted by atomic mass is 16.2. The van der Waals surface area contributed by atoms with Crippen molar-refractivity contribution in [3.8, 4) is 0 Å². The van der Waals surface area contributed by atoms with Crippen LogP contribution in [-0.4, -0.2) is 44.5 Å². The molecule has 28 heavy (non-hydrogen) atoms. The topological polar surface area (TPSA) is 94.6 Å². The molecule has 7 heteroatoms. The molecular weight excluding hydrogens is 354 g/mol. The van der Waals surface area contributed by atoms with Crippen LogP contribution in [-0.2, 0) is 9.59 Å². The Hall–Kier alpha value is -2.57. The quantitative estimate of drug-likeness (QED) is 0.342. The van der Waals surface area contributed by atoms with Crippen LogP contribution in [0.3, 0.4) is 0 Å². The number of carbonyl (C=O) groups excluding carboxylic acids is 2. The molecule has 0 bridgehead atoms. The minimum atomic E-state index is 0.0406. The summed E-state index contributed by atoms with van der Waals surface area (Å²) in [7, 11) is 1.72. The van der Waals surface area contributed by atoms with Gasteiger partial charge in [-0.25, -0.2) is 0 Å². The van der Waals surface area contributed by atoms with Gasteiger partial charge >= 0.3 is 0 Å². The van der Waals surface area contributed by atoms with Crippen LogP contribution in [0.1, 0.15) is 50.0 Å². The van der Waals surface area contributed by atoms with Gasteiger partial charge in [-0.05, 0) is 24.5 Å². The third kappa shape index (κ3) is 5.47. The minimum absolute atomic E-state index is 0.0406. The van der Waals surface area contributed by atoms with E-state index in [4.69, 9.17) is 0 Å². The number of nitrogens with zero attached hydrogens (tertiary/aromatic N) is 1. The number of carbonyl (C=O) groups is 2. The predicted molar refractivity (Wildman–Crippen MR) is 111 cm³/mol. The van der Waals surface area contributed by atoms with Crippen molar-refractivity contribution in [3.05, 3.63) is 29.8 Å². The van der Waals surface area contributed by atoms with E-state index in [1.54, 1.807) is 7.05 Å². The maximum Gasteiger partial charge on any atom is 0.225 e. The molecular formula is C21H31N5O2. The van der Waals surface area contributed by atoms with Crippen LogP contribution in [0, 0.1) is 5.92 Å². The van der Waals surface area contributed by atoms with Gasteiger partial charge in [-0.2, -0.15) is 0 Å². The van der Waals surface area contributed by atoms with Crippen LogP contribution in [0.15, 0.2) is 29.3 Å². The summed E-state index contributed by atoms with van der Waals surface area (Å²) in [5.74, 6) is 1.18. The molecule has 7 nitrogen and oxygen atoms in total. The van der Waals surface area contributed by atoms with Gasteiger partial charge in [-0.15, -0.1) is 0 Å². The number of hydrogen-bond donors (Lipinski definition) is 4. The first-order chi connectivity index (χ1) is 13.7. The lowest BCUT2D eigenvalue weighted by Crippen LogP contribution is -2.44. The van der Waals surface area contributed by atoms with Crippen LogP contribution >= 0.6 is 0 Å². The summed E-state index contributed by atoms with van der Waals surface area (Å²) in [5, 5.41) is 12.5. The number of guanidine groups is 1. The van der Waals surface area contributed by atoms with Gasteiger partial charge in [0, 0.05) is 50.6 Å². The maximum atomic E-state index is 12.2. The summed E-state index contributed by atoms with van der Waals surface area (Å²) >= 11 is 0. The molecule has 152 valence electrons. The van der Waals surface area contributed by atoms with Gasteiger partial charge in [0.25, 0.3) is 0 Å². The molecule has 1 unspecified atom stereocenters. The Kier molecular flexibility index (Phi) is 7.28. The summed E-state index contributed by atoms with van der Waals surface area (Å²) < 4.78 is 0. The van der Waals surface area contributed by atoms with E-state index in [-0.39, 0.29) is 23.7 Å². The van der Waals surface area contributed by atoms with Crippen molar-refractivity contribution in [1.29, 1.82) is 0 Å². The van der Waals surface area contributed by atoms with Crippen molar-refractivity contribution in [2.24, 2.45) is 10.9 Å². The molecule has 1 saturated carbocycles. The molecule has 0 radical (unpaired) electrons. The van der Waals surface area contributed by atoms with Crippen molar-refractivity contribution in [1.82, 2.24) is 16.0 Å². The summed E-state index contributed by atoms with van der Waals surface area (Å²) in [5.41, 5.74) is 2.03. The van der Waals surface area contributed by atoms with Crippen LogP contribution in [0.5, 0.6) is 0 Å². The Balaban J connectivity index is 1.40. The zero-order chi connectivity index (χ0) is 19.8. The number of amides is 2. The van der Waals surface area contributed by atoms with Crippen molar-refractivity contribution in [2.45, 2.75) is 44.4 Å². The second kappa shape index (κ2) is 10.1. The number of nitrogens with one attached hydrogen (secondary N) is 4. The molecule has 1 fully saturated rings. The molecule has 0 aromatic heterocycles. The molecule has 1 aromatic rings. The second-order valence-corrected chi connectivity index (χ2v) is 7.54. The number of fused-ring (bicyclic) bond motifs is 1. The monoisotopic (exact) mass is 385 g/mol. The zero-order valence-electron chi connectivity index (χ0n) is 16.6. The molecule has 2 amide bonds. The number of para-hydroxylation sites is 1. The standard InChI is InChI=1S/C21H31N5O2/c1-22-21(24-12-11-23-20(28)15-7-3-2-4-8-15)25-14-16-13-19(27)26-18-10-6-5-9-17(16)18/h5-6,9-10,15-16H,2-4,7-8,11-14H2,1H3,(H,23,28)(H,26,27)(H2,22,24,25). The molecule has 1 aromatic carbocycles. The average molecular weight is 386 g/mol. The number of benzene rings is 1. The van der Waals surface area contributed by atoms with E-state index in [1.807, 2.05) is 18.2 Å². The fraction of sp³-hybridized carbons (Fsp3) is 0.571. The van der Waals surface area contributed by atoms with Gasteiger partial charge < -0.3 is 21.3 Å². The summed E-state index contributed by atoms with van der Waals surface area (Å²) in [6.07, 6.45) is 6.06. The van der Waals surface area contributed by atoms with Gasteiger partial charge in [0.1, 0.15) is 0 Å². The lowest BCUT2D eigenvalue weighted by atomic mass is 9.89. The first-order valence-electron chi connectivity index (χ1n) is 10.3. The fourth-order valence-electron chi connectivity index (χ4n) is 4.00. The number of rotatable bonds is 6. The fourth-order valence-corrected chi connectivity index (χ4v) is 4.00. The Morgan fingerprint density at radius 2 is 1.86 bits per heavy atom. The predicted octanol–water partition coefficient (Wildman–Crippen LogP) is 1.97. The Morgan fingerprint density at radius 1 is 1.11 bits per heavy atom. The van der Waals surface area contributed by atoms with E-state index in [1.165, 1.54) is 6.42 Å². The largest absolute Gasteiger partial charge is 0.356 e. The third-order valence-electron chi connectivity index (χ3n) is 5.54. The van der Waals surface area contributed by atoms with E-state index < -0.39 is 0 Å². The third-order valence-corrected chi connectivity index (χ3v) is 5.54. The van der Waals surface area contributed by atoms with Gasteiger partial charge in [-0.1, -0.05) is 37.5 Å². The number of aliphatic imine (C=N–C) groups is 1. The van der Waals surface area contributed by atoms with Gasteiger partial charge in [0.2, 0.25) is 11.8 Å². The van der Waals surface area contributed by atoms with Crippen LogP contribution in [0.4, 0.5) is 5.69 Å². The smallest absolute Gasteiger partial charge is 0.225 e. The second-order valence-electron chi connectivity index (χ2n) is 7.54. The average Bonchev–Trinajstić information content (AvgIpc) is 2.73. The van der Waals surface area contributed by atoms with E-state index in [9.17, 15) is 9.59 Å². The molecule has 1 atom stereocenters. The SMILES string of the molecule is CN=C(NCCNC(=O)C1CCCCC1)NCC1CC(=O)Nc2ccccc21. The van der Waals surface area contributed by atoms with Crippen LogP contribution in [0.25, 0.3) is 0 Å². The Labute approximate surface area is 166 Å². The normalized spacial score (nSPS) is 20.1. The van der Waals surface area contributed by atoms with Crippen LogP contribution in [0.2, 0.25) is 0 Å². The van der Waals surface area contributed by atoms with Gasteiger partial charge in [0.05, 0.1) is 0 Å². The minimum Gasteiger partial charge on any atom is -0.356 e. The molecule has 0 saturated heterocycles. The molecule has 2 aliphatic rings. The van der Waals surface area contributed by atoms with E-state index in [0.717, 1.165) is 36.9 Å². The molecule has 4 N–H and O–H groups in total. The molecule has 0 spiro atoms. The zero-order valence-corrected chi connectivity index (χ0v) is 16.6. The van der Waals surface area contributed by atoms with Gasteiger partial charge in [0.15, 0.2) is 5.96 Å². The number of hydrogen-bond acceptors (Lipinski definition) is 3. The number of anilines is 1. The molecule has 1 aliphatic carbocycles. The first kappa shape index (κ1) is 20.2. The van der Waals surface area contributed by atoms with Gasteiger partial charge in [-0.3, -0.25) is 14.6 Å². The lowest BCUT2D eigenvalue weighted by molar-refractivity contribution is -0.125. The first-order valence-corrected chi connectivity index (χ1v) is 10.3. The Bertz CT molecular complexity index is 713. The molecule has 1 heterocycles. The highest BCUT2D eigenvalue weighted by molar-refractivity contribution is 5.94. The molecule has 1 aliphatic heterocycles. The van der Waals surface area contributed by atoms with Crippen LogP contribution < -0.4 is 21.3 Å². The summed E-state index contributed by atoms with van der Waals surface area (Å²) in [4.78, 5) is 28.3. The summed E-state index contributed by atoms with van der Waals surface area (Å²) in [6, 6.07) is 7.90. The lowest BCUT2D eigenvalue weighted by Gasteiger charge is -2.26. The van der Waals surface area contributed by atoms with Crippen molar-refractivity contribution in [2.75, 3.05) is 32.0 Å². The van der Waals surface area contributed by atoms with Crippen molar-refractivity contribution >= 4 is 23.5 Å². The molecule has 3 rings (SSSR count). The van der Waals surface area contributed by atoms with Crippen molar-refractivity contribution in [3.63, 3.8) is 0 Å². The highest BCUT2D eigenvalue weighted by Gasteiger charge is 2.24. The van der Waals surface area contributed by atoms with E-state index >= 15 is 0 Å².